The number of alkyl halides is 3. The van der Waals surface area contributed by atoms with E-state index in [0.29, 0.717) is 15.7 Å². The molecule has 0 aliphatic carbocycles. The topological polar surface area (TPSA) is 24.1 Å². The summed E-state index contributed by atoms with van der Waals surface area (Å²) in [5, 5.41) is 5.92. The second kappa shape index (κ2) is 7.13. The highest BCUT2D eigenvalue weighted by atomic mass is 35.5. The van der Waals surface area contributed by atoms with E-state index in [1.165, 1.54) is 6.07 Å². The normalized spacial score (nSPS) is 11.2. The number of hydrogen-bond donors (Lipinski definition) is 2. The molecule has 9 heteroatoms. The zero-order valence-corrected chi connectivity index (χ0v) is 14.2. The number of hydrogen-bond acceptors (Lipinski definition) is 1. The third-order valence-electron chi connectivity index (χ3n) is 2.65. The summed E-state index contributed by atoms with van der Waals surface area (Å²) in [5.74, 6) is 0. The monoisotopic (exact) mass is 398 g/mol. The van der Waals surface area contributed by atoms with Crippen molar-refractivity contribution in [3.63, 3.8) is 0 Å². The Bertz CT molecular complexity index is 730. The van der Waals surface area contributed by atoms with E-state index >= 15 is 0 Å². The summed E-state index contributed by atoms with van der Waals surface area (Å²) in [4.78, 5) is 0. The zero-order chi connectivity index (χ0) is 17.2. The van der Waals surface area contributed by atoms with E-state index < -0.39 is 11.7 Å². The summed E-state index contributed by atoms with van der Waals surface area (Å²) in [5.41, 5.74) is -0.296. The van der Waals surface area contributed by atoms with Crippen LogP contribution in [-0.2, 0) is 6.18 Å². The Balaban J connectivity index is 2.14. The molecule has 2 N–H and O–H groups in total. The van der Waals surface area contributed by atoms with Gasteiger partial charge in [-0.05, 0) is 48.6 Å². The first kappa shape index (κ1) is 18.1. The SMILES string of the molecule is FC(F)(F)c1cc(NC(=S)Nc2cc(Cl)cc(Cl)c2)ccc1Cl. The summed E-state index contributed by atoms with van der Waals surface area (Å²) in [6, 6.07) is 8.09. The maximum atomic E-state index is 12.8. The maximum Gasteiger partial charge on any atom is 0.417 e. The van der Waals surface area contributed by atoms with Crippen LogP contribution in [0.5, 0.6) is 0 Å². The molecule has 0 saturated carbocycles. The van der Waals surface area contributed by atoms with Crippen LogP contribution in [0, 0.1) is 0 Å². The van der Waals surface area contributed by atoms with Crippen LogP contribution >= 0.6 is 47.0 Å². The van der Waals surface area contributed by atoms with Gasteiger partial charge in [0.05, 0.1) is 10.6 Å². The third-order valence-corrected chi connectivity index (χ3v) is 3.62. The van der Waals surface area contributed by atoms with Crippen LogP contribution in [0.25, 0.3) is 0 Å². The van der Waals surface area contributed by atoms with Crippen LogP contribution in [0.15, 0.2) is 36.4 Å². The molecule has 0 heterocycles. The van der Waals surface area contributed by atoms with Gasteiger partial charge >= 0.3 is 6.18 Å². The van der Waals surface area contributed by atoms with E-state index in [9.17, 15) is 13.2 Å². The summed E-state index contributed by atoms with van der Waals surface area (Å²) in [6.07, 6.45) is -4.55. The Kier molecular flexibility index (Phi) is 5.62. The van der Waals surface area contributed by atoms with Gasteiger partial charge in [-0.3, -0.25) is 0 Å². The fourth-order valence-corrected chi connectivity index (χ4v) is 2.73. The average molecular weight is 400 g/mol. The molecule has 0 saturated heterocycles. The van der Waals surface area contributed by atoms with Crippen LogP contribution in [0.3, 0.4) is 0 Å². The minimum absolute atomic E-state index is 0.0822. The minimum Gasteiger partial charge on any atom is -0.332 e. The molecule has 0 fully saturated rings. The second-order valence-corrected chi connectivity index (χ2v) is 6.12. The van der Waals surface area contributed by atoms with Gasteiger partial charge in [-0.2, -0.15) is 13.2 Å². The number of benzene rings is 2. The highest BCUT2D eigenvalue weighted by Gasteiger charge is 2.33. The largest absolute Gasteiger partial charge is 0.417 e. The van der Waals surface area contributed by atoms with E-state index in [2.05, 4.69) is 10.6 Å². The molecule has 2 rings (SSSR count). The first-order chi connectivity index (χ1) is 10.6. The first-order valence-corrected chi connectivity index (χ1v) is 7.60. The van der Waals surface area contributed by atoms with Crippen molar-refractivity contribution in [2.45, 2.75) is 6.18 Å². The van der Waals surface area contributed by atoms with Crippen molar-refractivity contribution in [2.24, 2.45) is 0 Å². The highest BCUT2D eigenvalue weighted by molar-refractivity contribution is 7.80. The lowest BCUT2D eigenvalue weighted by Gasteiger charge is -2.14. The highest BCUT2D eigenvalue weighted by Crippen LogP contribution is 2.36. The fraction of sp³-hybridized carbons (Fsp3) is 0.0714. The van der Waals surface area contributed by atoms with Gasteiger partial charge in [0.2, 0.25) is 0 Å². The molecule has 0 atom stereocenters. The van der Waals surface area contributed by atoms with E-state index in [1.807, 2.05) is 0 Å². The quantitative estimate of drug-likeness (QED) is 0.566. The van der Waals surface area contributed by atoms with Crippen molar-refractivity contribution < 1.29 is 13.2 Å². The molecule has 0 bridgehead atoms. The van der Waals surface area contributed by atoms with Crippen molar-refractivity contribution in [1.82, 2.24) is 0 Å². The molecule has 0 spiro atoms. The van der Waals surface area contributed by atoms with Crippen LogP contribution in [0.1, 0.15) is 5.56 Å². The molecule has 0 aliphatic heterocycles. The molecule has 122 valence electrons. The van der Waals surface area contributed by atoms with Gasteiger partial charge in [0, 0.05) is 21.4 Å². The Morgan fingerprint density at radius 3 is 2.00 bits per heavy atom. The summed E-state index contributed by atoms with van der Waals surface area (Å²) in [7, 11) is 0. The lowest BCUT2D eigenvalue weighted by molar-refractivity contribution is -0.137. The average Bonchev–Trinajstić information content (AvgIpc) is 2.38. The molecule has 2 aromatic carbocycles. The number of thiocarbonyl (C=S) groups is 1. The van der Waals surface area contributed by atoms with E-state index in [1.54, 1.807) is 18.2 Å². The molecule has 0 aliphatic rings. The van der Waals surface area contributed by atoms with Gasteiger partial charge in [0.15, 0.2) is 5.11 Å². The summed E-state index contributed by atoms with van der Waals surface area (Å²) >= 11 is 22.3. The number of nitrogens with one attached hydrogen (secondary N) is 2. The fourth-order valence-electron chi connectivity index (χ4n) is 1.74. The van der Waals surface area contributed by atoms with Crippen LogP contribution in [-0.4, -0.2) is 5.11 Å². The smallest absolute Gasteiger partial charge is 0.332 e. The molecule has 0 radical (unpaired) electrons. The van der Waals surface area contributed by atoms with Crippen molar-refractivity contribution in [3.8, 4) is 0 Å². The van der Waals surface area contributed by atoms with Crippen molar-refractivity contribution in [3.05, 3.63) is 57.0 Å². The van der Waals surface area contributed by atoms with Crippen LogP contribution in [0.4, 0.5) is 24.5 Å². The molecular formula is C14H8Cl3F3N2S. The predicted molar refractivity (Wildman–Crippen MR) is 92.8 cm³/mol. The van der Waals surface area contributed by atoms with Gasteiger partial charge in [-0.1, -0.05) is 34.8 Å². The lowest BCUT2D eigenvalue weighted by Crippen LogP contribution is -2.19. The Hall–Kier alpha value is -1.21. The third kappa shape index (κ3) is 5.14. The predicted octanol–water partition coefficient (Wildman–Crippen LogP) is 6.47. The van der Waals surface area contributed by atoms with Gasteiger partial charge in [-0.25, -0.2) is 0 Å². The van der Waals surface area contributed by atoms with E-state index in [4.69, 9.17) is 47.0 Å². The molecular weight excluding hydrogens is 392 g/mol. The Morgan fingerprint density at radius 2 is 1.43 bits per heavy atom. The van der Waals surface area contributed by atoms with Gasteiger partial charge in [0.25, 0.3) is 0 Å². The Labute approximate surface area is 150 Å². The van der Waals surface area contributed by atoms with E-state index in [-0.39, 0.29) is 15.8 Å². The standard InChI is InChI=1S/C14H8Cl3F3N2S/c15-7-3-8(16)5-10(4-7)22-13(23)21-9-1-2-12(17)11(6-9)14(18,19)20/h1-6H,(H2,21,22,23). The Morgan fingerprint density at radius 1 is 0.870 bits per heavy atom. The van der Waals surface area contributed by atoms with Crippen molar-refractivity contribution in [1.29, 1.82) is 0 Å². The molecule has 2 aromatic rings. The van der Waals surface area contributed by atoms with Gasteiger partial charge < -0.3 is 10.6 Å². The maximum absolute atomic E-state index is 12.8. The lowest BCUT2D eigenvalue weighted by atomic mass is 10.2. The second-order valence-electron chi connectivity index (χ2n) is 4.43. The molecule has 23 heavy (non-hydrogen) atoms. The molecule has 2 nitrogen and oxygen atoms in total. The zero-order valence-electron chi connectivity index (χ0n) is 11.1. The first-order valence-electron chi connectivity index (χ1n) is 6.06. The summed E-state index contributed by atoms with van der Waals surface area (Å²) in [6.45, 7) is 0. The minimum atomic E-state index is -4.55. The molecule has 0 aromatic heterocycles. The van der Waals surface area contributed by atoms with Crippen molar-refractivity contribution >= 4 is 63.5 Å². The van der Waals surface area contributed by atoms with Crippen molar-refractivity contribution in [2.75, 3.05) is 10.6 Å². The van der Waals surface area contributed by atoms with E-state index in [0.717, 1.165) is 12.1 Å². The van der Waals surface area contributed by atoms with Crippen LogP contribution < -0.4 is 10.6 Å². The van der Waals surface area contributed by atoms with Crippen LogP contribution in [0.2, 0.25) is 15.1 Å². The number of halogens is 6. The van der Waals surface area contributed by atoms with Gasteiger partial charge in [0.1, 0.15) is 0 Å². The number of rotatable bonds is 2. The summed E-state index contributed by atoms with van der Waals surface area (Å²) < 4.78 is 38.4. The number of anilines is 2. The van der Waals surface area contributed by atoms with Gasteiger partial charge in [-0.15, -0.1) is 0 Å². The molecule has 0 amide bonds. The molecule has 0 unspecified atom stereocenters.